The summed E-state index contributed by atoms with van der Waals surface area (Å²) in [5.41, 5.74) is 0.973. The zero-order valence-corrected chi connectivity index (χ0v) is 13.4. The van der Waals surface area contributed by atoms with Gasteiger partial charge in [-0.3, -0.25) is 9.78 Å². The second-order valence-electron chi connectivity index (χ2n) is 6.54. The van der Waals surface area contributed by atoms with E-state index in [0.29, 0.717) is 17.8 Å². The summed E-state index contributed by atoms with van der Waals surface area (Å²) in [6, 6.07) is 5.02. The number of ketones is 1. The Bertz CT molecular complexity index is 631. The number of pyridine rings is 1. The summed E-state index contributed by atoms with van der Waals surface area (Å²) < 4.78 is 1.59. The van der Waals surface area contributed by atoms with Gasteiger partial charge in [0.15, 0.2) is 5.78 Å². The number of hydrogen-bond acceptors (Lipinski definition) is 5. The van der Waals surface area contributed by atoms with Crippen molar-refractivity contribution in [1.29, 1.82) is 0 Å². The smallest absolute Gasteiger partial charge is 0.154 e. The van der Waals surface area contributed by atoms with E-state index >= 15 is 0 Å². The van der Waals surface area contributed by atoms with E-state index in [2.05, 4.69) is 15.3 Å². The van der Waals surface area contributed by atoms with Crippen LogP contribution in [0.4, 0.5) is 0 Å². The SMILES string of the molecule is CC(=O)C(n1cc(CC(O)c2ccccn2)nn1)C(C)(C)C. The van der Waals surface area contributed by atoms with E-state index in [4.69, 9.17) is 0 Å². The van der Waals surface area contributed by atoms with Crippen LogP contribution in [0.15, 0.2) is 30.6 Å². The number of nitrogens with zero attached hydrogens (tertiary/aromatic N) is 4. The fourth-order valence-corrected chi connectivity index (χ4v) is 2.60. The van der Waals surface area contributed by atoms with Gasteiger partial charge in [0.2, 0.25) is 0 Å². The predicted molar refractivity (Wildman–Crippen MR) is 82.1 cm³/mol. The number of rotatable bonds is 5. The molecule has 0 saturated heterocycles. The molecule has 2 atom stereocenters. The van der Waals surface area contributed by atoms with Gasteiger partial charge in [0.05, 0.1) is 11.4 Å². The van der Waals surface area contributed by atoms with E-state index < -0.39 is 6.10 Å². The molecule has 0 fully saturated rings. The van der Waals surface area contributed by atoms with Crippen LogP contribution in [0.5, 0.6) is 0 Å². The number of carbonyl (C=O) groups excluding carboxylic acids is 1. The first-order chi connectivity index (χ1) is 10.3. The number of aliphatic hydroxyl groups excluding tert-OH is 1. The molecule has 6 heteroatoms. The van der Waals surface area contributed by atoms with Crippen LogP contribution in [0.3, 0.4) is 0 Å². The quantitative estimate of drug-likeness (QED) is 0.915. The van der Waals surface area contributed by atoms with Gasteiger partial charge in [0, 0.05) is 18.8 Å². The lowest BCUT2D eigenvalue weighted by molar-refractivity contribution is -0.123. The van der Waals surface area contributed by atoms with Gasteiger partial charge in [-0.05, 0) is 24.5 Å². The fourth-order valence-electron chi connectivity index (χ4n) is 2.60. The third-order valence-electron chi connectivity index (χ3n) is 3.46. The highest BCUT2D eigenvalue weighted by Crippen LogP contribution is 2.30. The number of aliphatic hydroxyl groups is 1. The van der Waals surface area contributed by atoms with E-state index in [1.807, 2.05) is 26.8 Å². The number of carbonyl (C=O) groups is 1. The van der Waals surface area contributed by atoms with Gasteiger partial charge in [-0.15, -0.1) is 5.10 Å². The highest BCUT2D eigenvalue weighted by Gasteiger charge is 2.31. The Morgan fingerprint density at radius 1 is 1.36 bits per heavy atom. The molecule has 2 unspecified atom stereocenters. The molecule has 2 aromatic rings. The van der Waals surface area contributed by atoms with Crippen molar-refractivity contribution in [1.82, 2.24) is 20.0 Å². The maximum atomic E-state index is 11.9. The van der Waals surface area contributed by atoms with Crippen LogP contribution in [0, 0.1) is 5.41 Å². The first-order valence-corrected chi connectivity index (χ1v) is 7.29. The molecule has 118 valence electrons. The van der Waals surface area contributed by atoms with Crippen molar-refractivity contribution in [3.63, 3.8) is 0 Å². The van der Waals surface area contributed by atoms with Crippen LogP contribution in [-0.4, -0.2) is 30.9 Å². The Hall–Kier alpha value is -2.08. The third kappa shape index (κ3) is 3.76. The maximum Gasteiger partial charge on any atom is 0.154 e. The molecular formula is C16H22N4O2. The van der Waals surface area contributed by atoms with Gasteiger partial charge >= 0.3 is 0 Å². The van der Waals surface area contributed by atoms with Gasteiger partial charge in [0.25, 0.3) is 0 Å². The summed E-state index contributed by atoms with van der Waals surface area (Å²) >= 11 is 0. The molecule has 1 N–H and O–H groups in total. The molecule has 2 aromatic heterocycles. The van der Waals surface area contributed by atoms with Crippen LogP contribution >= 0.6 is 0 Å². The van der Waals surface area contributed by atoms with Crippen LogP contribution in [0.2, 0.25) is 0 Å². The molecule has 0 bridgehead atoms. The maximum absolute atomic E-state index is 11.9. The van der Waals surface area contributed by atoms with E-state index in [1.54, 1.807) is 36.1 Å². The molecular weight excluding hydrogens is 280 g/mol. The zero-order chi connectivity index (χ0) is 16.3. The van der Waals surface area contributed by atoms with Crippen molar-refractivity contribution >= 4 is 5.78 Å². The lowest BCUT2D eigenvalue weighted by atomic mass is 9.84. The Morgan fingerprint density at radius 3 is 2.64 bits per heavy atom. The fraction of sp³-hybridized carbons (Fsp3) is 0.500. The molecule has 0 aliphatic rings. The topological polar surface area (TPSA) is 80.9 Å². The summed E-state index contributed by atoms with van der Waals surface area (Å²) in [6.07, 6.45) is 2.94. The van der Waals surface area contributed by atoms with Crippen molar-refractivity contribution in [2.24, 2.45) is 5.41 Å². The molecule has 2 rings (SSSR count). The average molecular weight is 302 g/mol. The second kappa shape index (κ2) is 6.36. The van der Waals surface area contributed by atoms with Crippen molar-refractivity contribution in [3.05, 3.63) is 42.0 Å². The summed E-state index contributed by atoms with van der Waals surface area (Å²) in [4.78, 5) is 16.0. The minimum Gasteiger partial charge on any atom is -0.386 e. The molecule has 0 aliphatic carbocycles. The van der Waals surface area contributed by atoms with E-state index in [0.717, 1.165) is 0 Å². The second-order valence-corrected chi connectivity index (χ2v) is 6.54. The zero-order valence-electron chi connectivity index (χ0n) is 13.4. The van der Waals surface area contributed by atoms with Crippen LogP contribution in [0.25, 0.3) is 0 Å². The summed E-state index contributed by atoms with van der Waals surface area (Å²) in [5.74, 6) is 0.0363. The van der Waals surface area contributed by atoms with Gasteiger partial charge in [-0.2, -0.15) is 0 Å². The Labute approximate surface area is 130 Å². The monoisotopic (exact) mass is 302 g/mol. The molecule has 6 nitrogen and oxygen atoms in total. The molecule has 0 spiro atoms. The molecule has 0 radical (unpaired) electrons. The number of hydrogen-bond donors (Lipinski definition) is 1. The number of Topliss-reactive ketones (excluding diaryl/α,β-unsaturated/α-hetero) is 1. The lowest BCUT2D eigenvalue weighted by Gasteiger charge is -2.28. The summed E-state index contributed by atoms with van der Waals surface area (Å²) in [6.45, 7) is 7.52. The highest BCUT2D eigenvalue weighted by molar-refractivity contribution is 5.80. The molecule has 0 saturated carbocycles. The largest absolute Gasteiger partial charge is 0.386 e. The summed E-state index contributed by atoms with van der Waals surface area (Å²) in [5, 5.41) is 18.3. The summed E-state index contributed by atoms with van der Waals surface area (Å²) in [7, 11) is 0. The number of aromatic nitrogens is 4. The molecule has 2 heterocycles. The van der Waals surface area contributed by atoms with Crippen LogP contribution < -0.4 is 0 Å². The van der Waals surface area contributed by atoms with Crippen molar-refractivity contribution < 1.29 is 9.90 Å². The van der Waals surface area contributed by atoms with E-state index in [9.17, 15) is 9.90 Å². The minimum atomic E-state index is -0.739. The molecule has 0 aliphatic heterocycles. The normalized spacial score (nSPS) is 14.6. The van der Waals surface area contributed by atoms with Gasteiger partial charge in [-0.25, -0.2) is 4.68 Å². The lowest BCUT2D eigenvalue weighted by Crippen LogP contribution is -2.30. The first kappa shape index (κ1) is 16.3. The molecule has 0 amide bonds. The third-order valence-corrected chi connectivity index (χ3v) is 3.46. The standard InChI is InChI=1S/C16H22N4O2/c1-11(21)15(16(2,3)4)20-10-12(18-19-20)9-14(22)13-7-5-6-8-17-13/h5-8,10,14-15,22H,9H2,1-4H3. The van der Waals surface area contributed by atoms with E-state index in [1.165, 1.54) is 0 Å². The predicted octanol–water partition coefficient (Wildman–Crippen LogP) is 2.13. The Kier molecular flexibility index (Phi) is 4.71. The van der Waals surface area contributed by atoms with Gasteiger partial charge in [-0.1, -0.05) is 32.1 Å². The van der Waals surface area contributed by atoms with Crippen molar-refractivity contribution in [2.45, 2.75) is 46.3 Å². The first-order valence-electron chi connectivity index (χ1n) is 7.29. The Morgan fingerprint density at radius 2 is 2.09 bits per heavy atom. The van der Waals surface area contributed by atoms with Crippen molar-refractivity contribution in [2.75, 3.05) is 0 Å². The van der Waals surface area contributed by atoms with Gasteiger partial charge in [0.1, 0.15) is 12.1 Å². The molecule has 22 heavy (non-hydrogen) atoms. The highest BCUT2D eigenvalue weighted by atomic mass is 16.3. The van der Waals surface area contributed by atoms with Gasteiger partial charge < -0.3 is 5.11 Å². The molecule has 0 aromatic carbocycles. The van der Waals surface area contributed by atoms with E-state index in [-0.39, 0.29) is 17.2 Å². The average Bonchev–Trinajstić information content (AvgIpc) is 2.85. The van der Waals surface area contributed by atoms with Crippen LogP contribution in [-0.2, 0) is 11.2 Å². The Balaban J connectivity index is 2.16. The van der Waals surface area contributed by atoms with Crippen LogP contribution in [0.1, 0.15) is 51.2 Å². The minimum absolute atomic E-state index is 0.0363. The van der Waals surface area contributed by atoms with Crippen molar-refractivity contribution in [3.8, 4) is 0 Å².